The van der Waals surface area contributed by atoms with E-state index in [1.165, 1.54) is 37.8 Å². The van der Waals surface area contributed by atoms with Crippen LogP contribution in [0, 0.1) is 5.92 Å². The van der Waals surface area contributed by atoms with Crippen molar-refractivity contribution in [1.29, 1.82) is 0 Å². The van der Waals surface area contributed by atoms with Gasteiger partial charge in [0.05, 0.1) is 17.6 Å². The lowest BCUT2D eigenvalue weighted by atomic mass is 9.84. The fourth-order valence-corrected chi connectivity index (χ4v) is 3.19. The molecule has 1 aliphatic carbocycles. The normalized spacial score (nSPS) is 24.4. The van der Waals surface area contributed by atoms with Gasteiger partial charge < -0.3 is 10.6 Å². The quantitative estimate of drug-likeness (QED) is 0.886. The highest BCUT2D eigenvalue weighted by atomic mass is 15.1. The maximum Gasteiger partial charge on any atom is 0.0572 e. The molecule has 0 aromatic carbocycles. The highest BCUT2D eigenvalue weighted by molar-refractivity contribution is 5.45. The minimum absolute atomic E-state index is 0.0642. The van der Waals surface area contributed by atoms with Crippen LogP contribution in [0.5, 0.6) is 0 Å². The number of hydrogen-bond acceptors (Lipinski definition) is 3. The van der Waals surface area contributed by atoms with E-state index in [0.717, 1.165) is 18.0 Å². The first-order valence-corrected chi connectivity index (χ1v) is 8.10. The lowest BCUT2D eigenvalue weighted by Crippen LogP contribution is -2.35. The molecule has 0 bridgehead atoms. The van der Waals surface area contributed by atoms with Gasteiger partial charge in [-0.25, -0.2) is 0 Å². The molecule has 1 fully saturated rings. The van der Waals surface area contributed by atoms with Gasteiger partial charge in [-0.15, -0.1) is 0 Å². The molecule has 0 saturated heterocycles. The van der Waals surface area contributed by atoms with E-state index in [1.807, 2.05) is 6.20 Å². The van der Waals surface area contributed by atoms with Gasteiger partial charge in [0, 0.05) is 19.1 Å². The Kier molecular flexibility index (Phi) is 5.41. The van der Waals surface area contributed by atoms with Crippen LogP contribution in [0.2, 0.25) is 0 Å². The number of rotatable bonds is 5. The molecule has 1 aromatic heterocycles. The molecule has 1 aliphatic rings. The highest BCUT2D eigenvalue weighted by Crippen LogP contribution is 2.31. The van der Waals surface area contributed by atoms with Crippen LogP contribution in [0.15, 0.2) is 18.3 Å². The van der Waals surface area contributed by atoms with Crippen LogP contribution < -0.4 is 10.6 Å². The number of pyridine rings is 1. The Morgan fingerprint density at radius 3 is 2.45 bits per heavy atom. The van der Waals surface area contributed by atoms with E-state index < -0.39 is 0 Å². The van der Waals surface area contributed by atoms with E-state index in [9.17, 15) is 0 Å². The van der Waals surface area contributed by atoms with Gasteiger partial charge in [-0.3, -0.25) is 4.98 Å². The van der Waals surface area contributed by atoms with Crippen LogP contribution >= 0.6 is 0 Å². The summed E-state index contributed by atoms with van der Waals surface area (Å²) in [7, 11) is 2.20. The summed E-state index contributed by atoms with van der Waals surface area (Å²) in [5.41, 5.74) is 8.24. The number of anilines is 1. The molecule has 3 nitrogen and oxygen atoms in total. The monoisotopic (exact) mass is 275 g/mol. The Labute approximate surface area is 123 Å². The third-order valence-electron chi connectivity index (χ3n) is 4.94. The Bertz CT molecular complexity index is 393. The van der Waals surface area contributed by atoms with E-state index in [4.69, 9.17) is 5.73 Å². The number of hydrogen-bond donors (Lipinski definition) is 1. The topological polar surface area (TPSA) is 42.1 Å². The Hall–Kier alpha value is -1.09. The minimum Gasteiger partial charge on any atom is -0.370 e. The van der Waals surface area contributed by atoms with Crippen molar-refractivity contribution in [3.63, 3.8) is 0 Å². The lowest BCUT2D eigenvalue weighted by Gasteiger charge is -2.35. The fraction of sp³-hybridized carbons (Fsp3) is 0.706. The van der Waals surface area contributed by atoms with Crippen molar-refractivity contribution in [2.24, 2.45) is 11.7 Å². The molecule has 0 amide bonds. The largest absolute Gasteiger partial charge is 0.370 e. The van der Waals surface area contributed by atoms with Crippen LogP contribution in [-0.4, -0.2) is 18.1 Å². The van der Waals surface area contributed by atoms with Gasteiger partial charge in [-0.1, -0.05) is 20.3 Å². The molecule has 0 spiro atoms. The molecule has 112 valence electrons. The summed E-state index contributed by atoms with van der Waals surface area (Å²) < 4.78 is 0. The van der Waals surface area contributed by atoms with Gasteiger partial charge in [-0.05, 0) is 50.2 Å². The molecule has 1 atom stereocenters. The Balaban J connectivity index is 1.97. The minimum atomic E-state index is 0.0642. The first kappa shape index (κ1) is 15.3. The summed E-state index contributed by atoms with van der Waals surface area (Å²) in [4.78, 5) is 6.93. The summed E-state index contributed by atoms with van der Waals surface area (Å²) in [6.45, 7) is 4.41. The van der Waals surface area contributed by atoms with Crippen LogP contribution in [0.25, 0.3) is 0 Å². The third-order valence-corrected chi connectivity index (χ3v) is 4.94. The molecule has 1 heterocycles. The van der Waals surface area contributed by atoms with Crippen molar-refractivity contribution in [2.75, 3.05) is 11.9 Å². The highest BCUT2D eigenvalue weighted by Gasteiger charge is 2.23. The van der Waals surface area contributed by atoms with E-state index in [0.29, 0.717) is 6.04 Å². The van der Waals surface area contributed by atoms with Gasteiger partial charge in [0.1, 0.15) is 0 Å². The maximum absolute atomic E-state index is 6.02. The molecule has 0 radical (unpaired) electrons. The number of nitrogens with two attached hydrogens (primary N) is 1. The summed E-state index contributed by atoms with van der Waals surface area (Å²) in [5.74, 6) is 0.947. The van der Waals surface area contributed by atoms with Crippen molar-refractivity contribution in [3.8, 4) is 0 Å². The first-order chi connectivity index (χ1) is 9.65. The molecular weight excluding hydrogens is 246 g/mol. The van der Waals surface area contributed by atoms with Crippen molar-refractivity contribution < 1.29 is 0 Å². The summed E-state index contributed by atoms with van der Waals surface area (Å²) in [6, 6.07) is 4.99. The summed E-state index contributed by atoms with van der Waals surface area (Å²) in [5, 5.41) is 0. The fourth-order valence-electron chi connectivity index (χ4n) is 3.19. The summed E-state index contributed by atoms with van der Waals surface area (Å²) >= 11 is 0. The SMILES string of the molecule is CCC1CCC(N(C)c2ccc([C@H](N)CC)nc2)CC1. The zero-order valence-corrected chi connectivity index (χ0v) is 13.2. The Morgan fingerprint density at radius 2 is 1.95 bits per heavy atom. The second-order valence-corrected chi connectivity index (χ2v) is 6.15. The Morgan fingerprint density at radius 1 is 1.25 bits per heavy atom. The molecule has 1 aromatic rings. The lowest BCUT2D eigenvalue weighted by molar-refractivity contribution is 0.313. The molecule has 0 unspecified atom stereocenters. The van der Waals surface area contributed by atoms with E-state index in [-0.39, 0.29) is 6.04 Å². The van der Waals surface area contributed by atoms with Gasteiger partial charge in [0.25, 0.3) is 0 Å². The molecule has 1 saturated carbocycles. The summed E-state index contributed by atoms with van der Waals surface area (Å²) in [6.07, 6.45) is 9.62. The van der Waals surface area contributed by atoms with E-state index >= 15 is 0 Å². The predicted octanol–water partition coefficient (Wildman–Crippen LogP) is 3.90. The van der Waals surface area contributed by atoms with Gasteiger partial charge in [0.2, 0.25) is 0 Å². The van der Waals surface area contributed by atoms with Crippen LogP contribution in [-0.2, 0) is 0 Å². The molecule has 3 heteroatoms. The van der Waals surface area contributed by atoms with Crippen molar-refractivity contribution in [2.45, 2.75) is 64.5 Å². The van der Waals surface area contributed by atoms with Gasteiger partial charge >= 0.3 is 0 Å². The average Bonchev–Trinajstić information content (AvgIpc) is 2.53. The molecule has 2 N–H and O–H groups in total. The number of aromatic nitrogens is 1. The van der Waals surface area contributed by atoms with Crippen LogP contribution in [0.3, 0.4) is 0 Å². The van der Waals surface area contributed by atoms with Gasteiger partial charge in [0.15, 0.2) is 0 Å². The molecule has 2 rings (SSSR count). The van der Waals surface area contributed by atoms with Gasteiger partial charge in [-0.2, -0.15) is 0 Å². The average molecular weight is 275 g/mol. The first-order valence-electron chi connectivity index (χ1n) is 8.10. The van der Waals surface area contributed by atoms with Crippen molar-refractivity contribution >= 4 is 5.69 Å². The van der Waals surface area contributed by atoms with Crippen LogP contribution in [0.4, 0.5) is 5.69 Å². The molecule has 0 aliphatic heterocycles. The predicted molar refractivity (Wildman–Crippen MR) is 85.9 cm³/mol. The van der Waals surface area contributed by atoms with Crippen LogP contribution in [0.1, 0.15) is 64.1 Å². The zero-order chi connectivity index (χ0) is 14.5. The second-order valence-electron chi connectivity index (χ2n) is 6.15. The zero-order valence-electron chi connectivity index (χ0n) is 13.2. The third kappa shape index (κ3) is 3.51. The van der Waals surface area contributed by atoms with Crippen molar-refractivity contribution in [1.82, 2.24) is 4.98 Å². The molecule has 20 heavy (non-hydrogen) atoms. The smallest absolute Gasteiger partial charge is 0.0572 e. The number of nitrogens with zero attached hydrogens (tertiary/aromatic N) is 2. The standard InChI is InChI=1S/C17H29N3/c1-4-13-6-8-14(9-7-13)20(3)15-10-11-17(19-12-15)16(18)5-2/h10-14,16H,4-9,18H2,1-3H3/t13?,14?,16-/m1/s1. The van der Waals surface area contributed by atoms with E-state index in [2.05, 4.69) is 42.9 Å². The maximum atomic E-state index is 6.02. The second kappa shape index (κ2) is 7.07. The van der Waals surface area contributed by atoms with Crippen molar-refractivity contribution in [3.05, 3.63) is 24.0 Å². The van der Waals surface area contributed by atoms with E-state index in [1.54, 1.807) is 0 Å². The molecular formula is C17H29N3.